The van der Waals surface area contributed by atoms with Gasteiger partial charge in [-0.2, -0.15) is 0 Å². The maximum Gasteiger partial charge on any atom is 0.140 e. The summed E-state index contributed by atoms with van der Waals surface area (Å²) < 4.78 is 0. The minimum atomic E-state index is 0.279. The van der Waals surface area contributed by atoms with E-state index in [9.17, 15) is 0 Å². The number of rotatable bonds is 5. The van der Waals surface area contributed by atoms with Gasteiger partial charge in [-0.25, -0.2) is 0 Å². The van der Waals surface area contributed by atoms with E-state index in [-0.39, 0.29) is 5.84 Å². The van der Waals surface area contributed by atoms with Crippen LogP contribution in [0.25, 0.3) is 0 Å². The van der Waals surface area contributed by atoms with Crippen molar-refractivity contribution in [1.29, 1.82) is 0 Å². The molecule has 4 N–H and O–H groups in total. The largest absolute Gasteiger partial charge is 0.409 e. The molecule has 4 nitrogen and oxygen atoms in total. The first-order chi connectivity index (χ1) is 5.16. The molecule has 66 valence electrons. The number of hydrogen-bond donors (Lipinski definition) is 3. The van der Waals surface area contributed by atoms with E-state index in [0.29, 0.717) is 12.3 Å². The molecule has 0 spiro atoms. The van der Waals surface area contributed by atoms with Crippen molar-refractivity contribution in [2.24, 2.45) is 16.8 Å². The first-order valence-corrected chi connectivity index (χ1v) is 3.84. The lowest BCUT2D eigenvalue weighted by molar-refractivity contribution is 0.316. The van der Waals surface area contributed by atoms with Crippen molar-refractivity contribution < 1.29 is 5.21 Å². The van der Waals surface area contributed by atoms with E-state index in [0.717, 1.165) is 13.1 Å². The normalized spacial score (nSPS) is 12.5. The van der Waals surface area contributed by atoms with E-state index in [4.69, 9.17) is 10.9 Å². The molecule has 0 atom stereocenters. The van der Waals surface area contributed by atoms with Crippen LogP contribution < -0.4 is 11.1 Å². The smallest absolute Gasteiger partial charge is 0.140 e. The Morgan fingerprint density at radius 3 is 2.73 bits per heavy atom. The lowest BCUT2D eigenvalue weighted by atomic mass is 10.2. The average molecular weight is 159 g/mol. The van der Waals surface area contributed by atoms with E-state index in [1.54, 1.807) is 0 Å². The minimum absolute atomic E-state index is 0.279. The Morgan fingerprint density at radius 2 is 2.27 bits per heavy atom. The highest BCUT2D eigenvalue weighted by molar-refractivity contribution is 5.79. The lowest BCUT2D eigenvalue weighted by Crippen LogP contribution is -2.25. The van der Waals surface area contributed by atoms with Gasteiger partial charge in [0.15, 0.2) is 0 Å². The van der Waals surface area contributed by atoms with Gasteiger partial charge in [-0.05, 0) is 12.5 Å². The molecule has 0 aliphatic rings. The predicted molar refractivity (Wildman–Crippen MR) is 45.7 cm³/mol. The van der Waals surface area contributed by atoms with Crippen LogP contribution in [0, 0.1) is 5.92 Å². The molecular formula is C7H17N3O. The van der Waals surface area contributed by atoms with Crippen molar-refractivity contribution in [3.05, 3.63) is 0 Å². The Balaban J connectivity index is 3.15. The molecule has 0 aliphatic carbocycles. The highest BCUT2D eigenvalue weighted by Crippen LogP contribution is 1.86. The second-order valence-corrected chi connectivity index (χ2v) is 2.94. The van der Waals surface area contributed by atoms with Gasteiger partial charge in [-0.3, -0.25) is 0 Å². The van der Waals surface area contributed by atoms with E-state index < -0.39 is 0 Å². The standard InChI is InChI=1S/C7H17N3O/c1-6(2)5-9-4-3-7(8)10-11/h6,9,11H,3-5H2,1-2H3,(H2,8,10). The lowest BCUT2D eigenvalue weighted by Gasteiger charge is -2.05. The van der Waals surface area contributed by atoms with Gasteiger partial charge in [0.1, 0.15) is 5.84 Å². The third-order valence-corrected chi connectivity index (χ3v) is 1.24. The van der Waals surface area contributed by atoms with Crippen LogP contribution in [0.15, 0.2) is 5.16 Å². The molecular weight excluding hydrogens is 142 g/mol. The third kappa shape index (κ3) is 7.12. The SMILES string of the molecule is CC(C)CNCC/C(N)=N/O. The van der Waals surface area contributed by atoms with E-state index in [1.807, 2.05) is 0 Å². The van der Waals surface area contributed by atoms with E-state index in [1.165, 1.54) is 0 Å². The van der Waals surface area contributed by atoms with Gasteiger partial charge in [-0.15, -0.1) is 0 Å². The van der Waals surface area contributed by atoms with Gasteiger partial charge in [0.25, 0.3) is 0 Å². The van der Waals surface area contributed by atoms with Gasteiger partial charge in [-0.1, -0.05) is 19.0 Å². The predicted octanol–water partition coefficient (Wildman–Crippen LogP) is 0.368. The van der Waals surface area contributed by atoms with Crippen LogP contribution in [0.1, 0.15) is 20.3 Å². The van der Waals surface area contributed by atoms with E-state index >= 15 is 0 Å². The Morgan fingerprint density at radius 1 is 1.64 bits per heavy atom. The molecule has 0 heterocycles. The minimum Gasteiger partial charge on any atom is -0.409 e. The van der Waals surface area contributed by atoms with Gasteiger partial charge >= 0.3 is 0 Å². The molecule has 0 aromatic heterocycles. The van der Waals surface area contributed by atoms with Gasteiger partial charge in [0.2, 0.25) is 0 Å². The maximum atomic E-state index is 8.18. The molecule has 0 aliphatic heterocycles. The second kappa shape index (κ2) is 5.97. The van der Waals surface area contributed by atoms with Crippen molar-refractivity contribution in [1.82, 2.24) is 5.32 Å². The fourth-order valence-electron chi connectivity index (χ4n) is 0.657. The van der Waals surface area contributed by atoms with Crippen LogP contribution in [-0.2, 0) is 0 Å². The topological polar surface area (TPSA) is 70.6 Å². The molecule has 0 aromatic rings. The Bertz CT molecular complexity index is 123. The fourth-order valence-corrected chi connectivity index (χ4v) is 0.657. The summed E-state index contributed by atoms with van der Waals surface area (Å²) in [6.07, 6.45) is 0.600. The zero-order chi connectivity index (χ0) is 8.69. The summed E-state index contributed by atoms with van der Waals surface area (Å²) in [4.78, 5) is 0. The fraction of sp³-hybridized carbons (Fsp3) is 0.857. The van der Waals surface area contributed by atoms with Gasteiger partial charge in [0, 0.05) is 13.0 Å². The average Bonchev–Trinajstić information content (AvgIpc) is 1.97. The molecule has 11 heavy (non-hydrogen) atoms. The van der Waals surface area contributed by atoms with Gasteiger partial charge in [0.05, 0.1) is 0 Å². The van der Waals surface area contributed by atoms with Crippen molar-refractivity contribution in [2.75, 3.05) is 13.1 Å². The molecule has 0 saturated heterocycles. The van der Waals surface area contributed by atoms with Crippen molar-refractivity contribution in [2.45, 2.75) is 20.3 Å². The van der Waals surface area contributed by atoms with Crippen molar-refractivity contribution in [3.63, 3.8) is 0 Å². The summed E-state index contributed by atoms with van der Waals surface area (Å²) in [5, 5.41) is 14.2. The van der Waals surface area contributed by atoms with Crippen LogP contribution in [-0.4, -0.2) is 24.1 Å². The number of nitrogens with one attached hydrogen (secondary N) is 1. The molecule has 0 unspecified atom stereocenters. The maximum absolute atomic E-state index is 8.18. The summed E-state index contributed by atoms with van der Waals surface area (Å²) in [5.41, 5.74) is 5.25. The van der Waals surface area contributed by atoms with Gasteiger partial charge < -0.3 is 16.3 Å². The molecule has 0 fully saturated rings. The molecule has 0 amide bonds. The number of nitrogens with zero attached hydrogens (tertiary/aromatic N) is 1. The highest BCUT2D eigenvalue weighted by Gasteiger charge is 1.94. The van der Waals surface area contributed by atoms with Crippen LogP contribution in [0.5, 0.6) is 0 Å². The molecule has 0 bridgehead atoms. The second-order valence-electron chi connectivity index (χ2n) is 2.94. The number of hydrogen-bond acceptors (Lipinski definition) is 3. The van der Waals surface area contributed by atoms with Crippen molar-refractivity contribution >= 4 is 5.84 Å². The number of amidine groups is 1. The molecule has 0 aromatic carbocycles. The Labute approximate surface area is 67.5 Å². The first kappa shape index (κ1) is 10.2. The van der Waals surface area contributed by atoms with Crippen LogP contribution in [0.3, 0.4) is 0 Å². The van der Waals surface area contributed by atoms with Crippen molar-refractivity contribution in [3.8, 4) is 0 Å². The highest BCUT2D eigenvalue weighted by atomic mass is 16.4. The Hall–Kier alpha value is -0.770. The molecule has 4 heteroatoms. The summed E-state index contributed by atoms with van der Waals surface area (Å²) in [6, 6.07) is 0. The van der Waals surface area contributed by atoms with Crippen LogP contribution in [0.2, 0.25) is 0 Å². The summed E-state index contributed by atoms with van der Waals surface area (Å²) in [6.45, 7) is 6.01. The quantitative estimate of drug-likeness (QED) is 0.178. The molecule has 0 saturated carbocycles. The van der Waals surface area contributed by atoms with Crippen LogP contribution >= 0.6 is 0 Å². The zero-order valence-corrected chi connectivity index (χ0v) is 7.17. The number of nitrogens with two attached hydrogens (primary N) is 1. The molecule has 0 radical (unpaired) electrons. The molecule has 0 rings (SSSR count). The third-order valence-electron chi connectivity index (χ3n) is 1.24. The zero-order valence-electron chi connectivity index (χ0n) is 7.17. The van der Waals surface area contributed by atoms with E-state index in [2.05, 4.69) is 24.3 Å². The summed E-state index contributed by atoms with van der Waals surface area (Å²) in [5.74, 6) is 0.920. The summed E-state index contributed by atoms with van der Waals surface area (Å²) in [7, 11) is 0. The summed E-state index contributed by atoms with van der Waals surface area (Å²) >= 11 is 0. The first-order valence-electron chi connectivity index (χ1n) is 3.84. The number of oxime groups is 1. The van der Waals surface area contributed by atoms with Crippen LogP contribution in [0.4, 0.5) is 0 Å². The monoisotopic (exact) mass is 159 g/mol. The Kier molecular flexibility index (Phi) is 5.56.